The number of carbonyl (C=O) groups is 1. The van der Waals surface area contributed by atoms with Gasteiger partial charge in [0.05, 0.1) is 6.04 Å². The van der Waals surface area contributed by atoms with Crippen molar-refractivity contribution in [1.29, 1.82) is 0 Å². The maximum Gasteiger partial charge on any atom is 0.223 e. The number of aryl methyl sites for hydroxylation is 2. The Bertz CT molecular complexity index is 639. The number of aromatic nitrogens is 1. The molecular formula is C19H22N2O. The van der Waals surface area contributed by atoms with Gasteiger partial charge in [-0.3, -0.25) is 9.78 Å². The summed E-state index contributed by atoms with van der Waals surface area (Å²) in [4.78, 5) is 18.6. The smallest absolute Gasteiger partial charge is 0.223 e. The molecule has 3 rings (SSSR count). The number of hydrogen-bond acceptors (Lipinski definition) is 2. The molecule has 1 aliphatic carbocycles. The summed E-state index contributed by atoms with van der Waals surface area (Å²) >= 11 is 0. The van der Waals surface area contributed by atoms with Crippen molar-refractivity contribution in [3.63, 3.8) is 0 Å². The van der Waals surface area contributed by atoms with E-state index in [1.165, 1.54) is 11.1 Å². The lowest BCUT2D eigenvalue weighted by molar-refractivity contribution is -0.132. The number of nitrogens with zero attached hydrogens (tertiary/aromatic N) is 2. The molecule has 1 aliphatic rings. The van der Waals surface area contributed by atoms with Gasteiger partial charge in [0.15, 0.2) is 0 Å². The number of amides is 1. The van der Waals surface area contributed by atoms with Crippen LogP contribution in [0.5, 0.6) is 0 Å². The lowest BCUT2D eigenvalue weighted by Gasteiger charge is -2.33. The Hall–Kier alpha value is -2.16. The highest BCUT2D eigenvalue weighted by molar-refractivity contribution is 5.76. The van der Waals surface area contributed by atoms with Crippen LogP contribution in [-0.4, -0.2) is 22.8 Å². The van der Waals surface area contributed by atoms with Gasteiger partial charge < -0.3 is 4.90 Å². The summed E-state index contributed by atoms with van der Waals surface area (Å²) in [5.74, 6) is 0.213. The van der Waals surface area contributed by atoms with Crippen molar-refractivity contribution in [3.8, 4) is 0 Å². The van der Waals surface area contributed by atoms with Crippen LogP contribution in [-0.2, 0) is 17.6 Å². The molecular weight excluding hydrogens is 272 g/mol. The van der Waals surface area contributed by atoms with E-state index in [9.17, 15) is 4.79 Å². The molecule has 1 heterocycles. The number of benzene rings is 1. The van der Waals surface area contributed by atoms with Crippen molar-refractivity contribution in [2.75, 3.05) is 7.05 Å². The van der Waals surface area contributed by atoms with Gasteiger partial charge in [-0.05, 0) is 48.4 Å². The molecule has 22 heavy (non-hydrogen) atoms. The summed E-state index contributed by atoms with van der Waals surface area (Å²) in [6.45, 7) is 0. The van der Waals surface area contributed by atoms with E-state index >= 15 is 0 Å². The van der Waals surface area contributed by atoms with Crippen LogP contribution in [0, 0.1) is 0 Å². The Morgan fingerprint density at radius 3 is 2.95 bits per heavy atom. The average molecular weight is 294 g/mol. The number of fused-ring (bicyclic) bond motifs is 1. The second-order valence-corrected chi connectivity index (χ2v) is 5.97. The Morgan fingerprint density at radius 2 is 2.14 bits per heavy atom. The van der Waals surface area contributed by atoms with E-state index in [-0.39, 0.29) is 11.9 Å². The SMILES string of the molecule is CN(C(=O)CCc1cccnc1)[C@H]1CCCc2ccccc21. The van der Waals surface area contributed by atoms with Crippen LogP contribution < -0.4 is 0 Å². The third kappa shape index (κ3) is 3.19. The van der Waals surface area contributed by atoms with Gasteiger partial charge in [-0.15, -0.1) is 0 Å². The van der Waals surface area contributed by atoms with Crippen LogP contribution in [0.4, 0.5) is 0 Å². The van der Waals surface area contributed by atoms with Crippen LogP contribution >= 0.6 is 0 Å². The van der Waals surface area contributed by atoms with Crippen molar-refractivity contribution >= 4 is 5.91 Å². The van der Waals surface area contributed by atoms with E-state index in [0.717, 1.165) is 31.2 Å². The first kappa shape index (κ1) is 14.8. The molecule has 0 saturated carbocycles. The number of hydrogen-bond donors (Lipinski definition) is 0. The summed E-state index contributed by atoms with van der Waals surface area (Å²) in [6, 6.07) is 12.7. The average Bonchev–Trinajstić information content (AvgIpc) is 2.59. The van der Waals surface area contributed by atoms with E-state index in [0.29, 0.717) is 6.42 Å². The largest absolute Gasteiger partial charge is 0.339 e. The molecule has 2 aromatic rings. The molecule has 0 aliphatic heterocycles. The Balaban J connectivity index is 1.66. The van der Waals surface area contributed by atoms with E-state index in [1.807, 2.05) is 30.3 Å². The zero-order valence-corrected chi connectivity index (χ0v) is 13.0. The van der Waals surface area contributed by atoms with Gasteiger partial charge in [-0.25, -0.2) is 0 Å². The lowest BCUT2D eigenvalue weighted by Crippen LogP contribution is -2.33. The second-order valence-electron chi connectivity index (χ2n) is 5.97. The fourth-order valence-electron chi connectivity index (χ4n) is 3.28. The van der Waals surface area contributed by atoms with Crippen molar-refractivity contribution in [2.45, 2.75) is 38.1 Å². The third-order valence-corrected chi connectivity index (χ3v) is 4.55. The maximum absolute atomic E-state index is 12.5. The van der Waals surface area contributed by atoms with Gasteiger partial charge in [-0.2, -0.15) is 0 Å². The molecule has 1 aromatic heterocycles. The highest BCUT2D eigenvalue weighted by Crippen LogP contribution is 2.33. The minimum absolute atomic E-state index is 0.213. The Labute approximate surface area is 132 Å². The molecule has 1 amide bonds. The van der Waals surface area contributed by atoms with Gasteiger partial charge in [0.2, 0.25) is 5.91 Å². The van der Waals surface area contributed by atoms with Crippen molar-refractivity contribution in [1.82, 2.24) is 9.88 Å². The molecule has 114 valence electrons. The Kier molecular flexibility index (Phi) is 4.52. The van der Waals surface area contributed by atoms with Crippen molar-refractivity contribution < 1.29 is 4.79 Å². The molecule has 3 heteroatoms. The lowest BCUT2D eigenvalue weighted by atomic mass is 9.87. The quantitative estimate of drug-likeness (QED) is 0.864. The number of pyridine rings is 1. The molecule has 1 aromatic carbocycles. The number of rotatable bonds is 4. The summed E-state index contributed by atoms with van der Waals surface area (Å²) in [6.07, 6.45) is 8.24. The molecule has 0 unspecified atom stereocenters. The van der Waals surface area contributed by atoms with Gasteiger partial charge in [0, 0.05) is 25.9 Å². The first-order chi connectivity index (χ1) is 10.8. The molecule has 0 spiro atoms. The molecule has 3 nitrogen and oxygen atoms in total. The first-order valence-corrected chi connectivity index (χ1v) is 7.98. The summed E-state index contributed by atoms with van der Waals surface area (Å²) < 4.78 is 0. The zero-order valence-electron chi connectivity index (χ0n) is 13.0. The molecule has 0 bridgehead atoms. The van der Waals surface area contributed by atoms with E-state index in [1.54, 1.807) is 6.20 Å². The maximum atomic E-state index is 12.5. The number of carbonyl (C=O) groups excluding carboxylic acids is 1. The normalized spacial score (nSPS) is 16.9. The van der Waals surface area contributed by atoms with Crippen molar-refractivity contribution in [3.05, 3.63) is 65.5 Å². The van der Waals surface area contributed by atoms with Crippen LogP contribution in [0.15, 0.2) is 48.8 Å². The van der Waals surface area contributed by atoms with Gasteiger partial charge >= 0.3 is 0 Å². The van der Waals surface area contributed by atoms with Crippen molar-refractivity contribution in [2.24, 2.45) is 0 Å². The van der Waals surface area contributed by atoms with Gasteiger partial charge in [0.1, 0.15) is 0 Å². The predicted molar refractivity (Wildman–Crippen MR) is 87.4 cm³/mol. The van der Waals surface area contributed by atoms with E-state index in [2.05, 4.69) is 29.2 Å². The van der Waals surface area contributed by atoms with E-state index < -0.39 is 0 Å². The van der Waals surface area contributed by atoms with Crippen LogP contribution in [0.2, 0.25) is 0 Å². The first-order valence-electron chi connectivity index (χ1n) is 7.98. The minimum Gasteiger partial charge on any atom is -0.339 e. The molecule has 1 atom stereocenters. The molecule has 0 N–H and O–H groups in total. The molecule has 0 fully saturated rings. The molecule has 0 saturated heterocycles. The standard InChI is InChI=1S/C19H22N2O/c1-21(19(22)12-11-15-6-5-13-20-14-15)18-10-4-8-16-7-2-3-9-17(16)18/h2-3,5-7,9,13-14,18H,4,8,10-12H2,1H3/t18-/m0/s1. The fraction of sp³-hybridized carbons (Fsp3) is 0.368. The van der Waals surface area contributed by atoms with Crippen LogP contribution in [0.25, 0.3) is 0 Å². The minimum atomic E-state index is 0.213. The Morgan fingerprint density at radius 1 is 1.27 bits per heavy atom. The predicted octanol–water partition coefficient (Wildman–Crippen LogP) is 3.55. The second kappa shape index (κ2) is 6.73. The van der Waals surface area contributed by atoms with Gasteiger partial charge in [-0.1, -0.05) is 30.3 Å². The van der Waals surface area contributed by atoms with Crippen LogP contribution in [0.1, 0.15) is 42.0 Å². The topological polar surface area (TPSA) is 33.2 Å². The summed E-state index contributed by atoms with van der Waals surface area (Å²) in [7, 11) is 1.94. The molecule has 0 radical (unpaired) electrons. The fourth-order valence-corrected chi connectivity index (χ4v) is 3.28. The third-order valence-electron chi connectivity index (χ3n) is 4.55. The summed E-state index contributed by atoms with van der Waals surface area (Å²) in [5, 5.41) is 0. The highest BCUT2D eigenvalue weighted by Gasteiger charge is 2.26. The summed E-state index contributed by atoms with van der Waals surface area (Å²) in [5.41, 5.74) is 3.84. The van der Waals surface area contributed by atoms with Crippen LogP contribution in [0.3, 0.4) is 0 Å². The van der Waals surface area contributed by atoms with Gasteiger partial charge in [0.25, 0.3) is 0 Å². The highest BCUT2D eigenvalue weighted by atomic mass is 16.2. The monoisotopic (exact) mass is 294 g/mol. The van der Waals surface area contributed by atoms with E-state index in [4.69, 9.17) is 0 Å². The zero-order chi connectivity index (χ0) is 15.4.